The molecule has 0 radical (unpaired) electrons. The van der Waals surface area contributed by atoms with E-state index in [-0.39, 0.29) is 12.6 Å². The molecule has 0 atom stereocenters. The molecule has 1 aliphatic heterocycles. The van der Waals surface area contributed by atoms with Gasteiger partial charge in [-0.1, -0.05) is 0 Å². The first-order valence-corrected chi connectivity index (χ1v) is 3.85. The third kappa shape index (κ3) is 5.02. The van der Waals surface area contributed by atoms with E-state index in [0.29, 0.717) is 25.9 Å². The molecule has 1 rings (SSSR count). The SMILES string of the molecule is O=C(O)N1CCC(O)CC1.O=CO. The number of nitrogens with zero attached hydrogens (tertiary/aromatic N) is 1. The molecule has 1 fully saturated rings. The van der Waals surface area contributed by atoms with Crippen molar-refractivity contribution in [2.24, 2.45) is 0 Å². The number of hydrogen-bond acceptors (Lipinski definition) is 3. The Balaban J connectivity index is 0.000000424. The van der Waals surface area contributed by atoms with E-state index in [1.807, 2.05) is 0 Å². The zero-order valence-corrected chi connectivity index (χ0v) is 7.09. The molecule has 1 heterocycles. The van der Waals surface area contributed by atoms with Gasteiger partial charge in [0.1, 0.15) is 0 Å². The monoisotopic (exact) mass is 191 g/mol. The third-order valence-electron chi connectivity index (χ3n) is 1.74. The molecular formula is C7H13NO5. The Morgan fingerprint density at radius 2 is 1.77 bits per heavy atom. The molecule has 0 spiro atoms. The zero-order chi connectivity index (χ0) is 10.3. The van der Waals surface area contributed by atoms with Crippen molar-refractivity contribution < 1.29 is 24.9 Å². The van der Waals surface area contributed by atoms with Gasteiger partial charge in [-0.3, -0.25) is 4.79 Å². The smallest absolute Gasteiger partial charge is 0.407 e. The summed E-state index contributed by atoms with van der Waals surface area (Å²) in [4.78, 5) is 20.0. The topological polar surface area (TPSA) is 98.1 Å². The molecule has 0 aromatic carbocycles. The minimum absolute atomic E-state index is 0.250. The third-order valence-corrected chi connectivity index (χ3v) is 1.74. The number of aliphatic hydroxyl groups excluding tert-OH is 1. The summed E-state index contributed by atoms with van der Waals surface area (Å²) in [6.45, 7) is 0.688. The van der Waals surface area contributed by atoms with Gasteiger partial charge < -0.3 is 20.2 Å². The maximum atomic E-state index is 10.3. The van der Waals surface area contributed by atoms with E-state index in [1.54, 1.807) is 0 Å². The first kappa shape index (κ1) is 11.7. The number of aliphatic hydroxyl groups is 1. The second-order valence-corrected chi connectivity index (χ2v) is 2.61. The maximum Gasteiger partial charge on any atom is 0.407 e. The average Bonchev–Trinajstić information content (AvgIpc) is 2.06. The molecule has 1 aliphatic rings. The molecule has 13 heavy (non-hydrogen) atoms. The number of rotatable bonds is 0. The molecular weight excluding hydrogens is 178 g/mol. The highest BCUT2D eigenvalue weighted by molar-refractivity contribution is 5.64. The van der Waals surface area contributed by atoms with Crippen LogP contribution >= 0.6 is 0 Å². The molecule has 6 nitrogen and oxygen atoms in total. The normalized spacial score (nSPS) is 17.2. The molecule has 0 saturated carbocycles. The van der Waals surface area contributed by atoms with Crippen LogP contribution in [0.25, 0.3) is 0 Å². The van der Waals surface area contributed by atoms with Gasteiger partial charge in [0, 0.05) is 13.1 Å². The quantitative estimate of drug-likeness (QED) is 0.461. The van der Waals surface area contributed by atoms with Gasteiger partial charge >= 0.3 is 6.09 Å². The lowest BCUT2D eigenvalue weighted by Crippen LogP contribution is -2.39. The van der Waals surface area contributed by atoms with Gasteiger partial charge in [-0.05, 0) is 12.8 Å². The summed E-state index contributed by atoms with van der Waals surface area (Å²) < 4.78 is 0. The van der Waals surface area contributed by atoms with Crippen molar-refractivity contribution in [1.82, 2.24) is 4.90 Å². The summed E-state index contributed by atoms with van der Waals surface area (Å²) >= 11 is 0. The fraction of sp³-hybridized carbons (Fsp3) is 0.714. The summed E-state index contributed by atoms with van der Waals surface area (Å²) in [5, 5.41) is 24.3. The van der Waals surface area contributed by atoms with E-state index in [0.717, 1.165) is 0 Å². The Morgan fingerprint density at radius 3 is 2.08 bits per heavy atom. The number of carboxylic acid groups (broad SMARTS) is 2. The maximum absolute atomic E-state index is 10.3. The zero-order valence-electron chi connectivity index (χ0n) is 7.09. The van der Waals surface area contributed by atoms with Gasteiger partial charge in [-0.15, -0.1) is 0 Å². The molecule has 1 saturated heterocycles. The van der Waals surface area contributed by atoms with Gasteiger partial charge in [0.05, 0.1) is 6.10 Å². The van der Waals surface area contributed by atoms with Crippen LogP contribution in [0.2, 0.25) is 0 Å². The predicted octanol–water partition coefficient (Wildman–Crippen LogP) is -0.178. The molecule has 0 bridgehead atoms. The first-order chi connectivity index (χ1) is 6.11. The van der Waals surface area contributed by atoms with Crippen molar-refractivity contribution in [2.45, 2.75) is 18.9 Å². The lowest BCUT2D eigenvalue weighted by molar-refractivity contribution is -0.122. The van der Waals surface area contributed by atoms with E-state index in [1.165, 1.54) is 4.90 Å². The van der Waals surface area contributed by atoms with Gasteiger partial charge in [0.25, 0.3) is 6.47 Å². The summed E-state index contributed by atoms with van der Waals surface area (Å²) in [6, 6.07) is 0. The van der Waals surface area contributed by atoms with E-state index in [2.05, 4.69) is 0 Å². The van der Waals surface area contributed by atoms with Crippen LogP contribution in [-0.2, 0) is 4.79 Å². The van der Waals surface area contributed by atoms with Crippen molar-refractivity contribution in [3.05, 3.63) is 0 Å². The van der Waals surface area contributed by atoms with Crippen LogP contribution in [0, 0.1) is 0 Å². The molecule has 1 amide bonds. The lowest BCUT2D eigenvalue weighted by Gasteiger charge is -2.26. The fourth-order valence-electron chi connectivity index (χ4n) is 1.06. The van der Waals surface area contributed by atoms with E-state index in [4.69, 9.17) is 20.1 Å². The highest BCUT2D eigenvalue weighted by Crippen LogP contribution is 2.08. The number of amides is 1. The van der Waals surface area contributed by atoms with Crippen LogP contribution in [-0.4, -0.2) is 52.0 Å². The Hall–Kier alpha value is -1.30. The standard InChI is InChI=1S/C6H11NO3.CH2O2/c8-5-1-3-7(4-2-5)6(9)10;2-1-3/h5,8H,1-4H2,(H,9,10);1H,(H,2,3). The van der Waals surface area contributed by atoms with Gasteiger partial charge in [-0.25, -0.2) is 4.79 Å². The van der Waals surface area contributed by atoms with E-state index >= 15 is 0 Å². The number of piperidine rings is 1. The van der Waals surface area contributed by atoms with Crippen molar-refractivity contribution in [1.29, 1.82) is 0 Å². The van der Waals surface area contributed by atoms with Crippen LogP contribution in [0.1, 0.15) is 12.8 Å². The Morgan fingerprint density at radius 1 is 1.38 bits per heavy atom. The second kappa shape index (κ2) is 6.24. The Labute approximate surface area is 75.4 Å². The highest BCUT2D eigenvalue weighted by atomic mass is 16.4. The summed E-state index contributed by atoms with van der Waals surface area (Å²) in [6.07, 6.45) is -0.0269. The molecule has 6 heteroatoms. The summed E-state index contributed by atoms with van der Waals surface area (Å²) in [5.74, 6) is 0. The Bertz CT molecular complexity index is 164. The van der Waals surface area contributed by atoms with Crippen molar-refractivity contribution in [2.75, 3.05) is 13.1 Å². The Kier molecular flexibility index (Phi) is 5.62. The van der Waals surface area contributed by atoms with E-state index < -0.39 is 6.09 Å². The van der Waals surface area contributed by atoms with Crippen LogP contribution in [0.5, 0.6) is 0 Å². The molecule has 0 unspecified atom stereocenters. The molecule has 0 aromatic rings. The predicted molar refractivity (Wildman–Crippen MR) is 43.5 cm³/mol. The molecule has 3 N–H and O–H groups in total. The average molecular weight is 191 g/mol. The van der Waals surface area contributed by atoms with Gasteiger partial charge in [-0.2, -0.15) is 0 Å². The van der Waals surface area contributed by atoms with Crippen LogP contribution in [0.4, 0.5) is 4.79 Å². The fourth-order valence-corrected chi connectivity index (χ4v) is 1.06. The minimum atomic E-state index is -0.883. The summed E-state index contributed by atoms with van der Waals surface area (Å²) in [7, 11) is 0. The minimum Gasteiger partial charge on any atom is -0.483 e. The molecule has 76 valence electrons. The van der Waals surface area contributed by atoms with Gasteiger partial charge in [0.15, 0.2) is 0 Å². The first-order valence-electron chi connectivity index (χ1n) is 3.85. The number of hydrogen-bond donors (Lipinski definition) is 3. The van der Waals surface area contributed by atoms with Gasteiger partial charge in [0.2, 0.25) is 0 Å². The molecule has 0 aromatic heterocycles. The second-order valence-electron chi connectivity index (χ2n) is 2.61. The highest BCUT2D eigenvalue weighted by Gasteiger charge is 2.19. The molecule has 0 aliphatic carbocycles. The van der Waals surface area contributed by atoms with Crippen LogP contribution < -0.4 is 0 Å². The van der Waals surface area contributed by atoms with Crippen molar-refractivity contribution >= 4 is 12.6 Å². The van der Waals surface area contributed by atoms with Crippen LogP contribution in [0.15, 0.2) is 0 Å². The van der Waals surface area contributed by atoms with Crippen molar-refractivity contribution in [3.8, 4) is 0 Å². The lowest BCUT2D eigenvalue weighted by atomic mass is 10.1. The number of carbonyl (C=O) groups is 2. The largest absolute Gasteiger partial charge is 0.483 e. The van der Waals surface area contributed by atoms with Crippen LogP contribution in [0.3, 0.4) is 0 Å². The summed E-state index contributed by atoms with van der Waals surface area (Å²) in [5.41, 5.74) is 0. The number of likely N-dealkylation sites (tertiary alicyclic amines) is 1. The van der Waals surface area contributed by atoms with Crippen molar-refractivity contribution in [3.63, 3.8) is 0 Å². The van der Waals surface area contributed by atoms with E-state index in [9.17, 15) is 4.79 Å².